The highest BCUT2D eigenvalue weighted by Gasteiger charge is 2.30. The van der Waals surface area contributed by atoms with E-state index in [2.05, 4.69) is 120 Å². The number of ketones is 3. The Morgan fingerprint density at radius 2 is 0.559 bits per heavy atom. The van der Waals surface area contributed by atoms with E-state index in [0.717, 1.165) is 135 Å². The summed E-state index contributed by atoms with van der Waals surface area (Å²) >= 11 is 0. The van der Waals surface area contributed by atoms with Crippen molar-refractivity contribution in [1.82, 2.24) is 37.2 Å². The van der Waals surface area contributed by atoms with Gasteiger partial charge in [-0.1, -0.05) is 189 Å². The summed E-state index contributed by atoms with van der Waals surface area (Å²) in [7, 11) is 0. The number of hydrogen-bond acceptors (Lipinski definition) is 10. The molecule has 548 valence electrons. The van der Waals surface area contributed by atoms with Crippen molar-refractivity contribution >= 4 is 52.8 Å². The summed E-state index contributed by atoms with van der Waals surface area (Å²) in [5.74, 6) is 2.05. The molecule has 0 saturated heterocycles. The van der Waals surface area contributed by atoms with E-state index in [4.69, 9.17) is 0 Å². The first-order valence-corrected chi connectivity index (χ1v) is 37.1. The van der Waals surface area contributed by atoms with Crippen LogP contribution in [-0.4, -0.2) is 103 Å². The van der Waals surface area contributed by atoms with Crippen LogP contribution in [0.3, 0.4) is 0 Å². The summed E-state index contributed by atoms with van der Waals surface area (Å²) in [5.41, 5.74) is 0. The average Bonchev–Trinajstić information content (AvgIpc) is 1.13. The van der Waals surface area contributed by atoms with Crippen LogP contribution in [0, 0.1) is 47.3 Å². The first kappa shape index (κ1) is 95.2. The molecule has 0 aliphatic carbocycles. The molecule has 0 radical (unpaired) electrons. The number of unbranched alkanes of at least 4 members (excludes halogenated alkanes) is 9. The van der Waals surface area contributed by atoms with Gasteiger partial charge >= 0.3 is 0 Å². The van der Waals surface area contributed by atoms with E-state index >= 15 is 0 Å². The Labute approximate surface area is 572 Å². The highest BCUT2D eigenvalue weighted by atomic mass is 16.2. The van der Waals surface area contributed by atoms with Gasteiger partial charge in [-0.2, -0.15) is 0 Å². The van der Waals surface area contributed by atoms with Gasteiger partial charge in [-0.15, -0.1) is 0 Å². The third-order valence-corrected chi connectivity index (χ3v) is 16.6. The molecule has 0 rings (SSSR count). The van der Waals surface area contributed by atoms with Gasteiger partial charge in [0.1, 0.15) is 5.78 Å². The Bertz CT molecular complexity index is 1940. The van der Waals surface area contributed by atoms with Gasteiger partial charge in [0.15, 0.2) is 11.6 Å². The van der Waals surface area contributed by atoms with E-state index in [1.54, 1.807) is 0 Å². The van der Waals surface area contributed by atoms with E-state index in [9.17, 15) is 43.2 Å². The summed E-state index contributed by atoms with van der Waals surface area (Å²) in [6, 6.07) is -0.864. The van der Waals surface area contributed by atoms with Gasteiger partial charge in [-0.05, 0) is 146 Å². The quantitative estimate of drug-likeness (QED) is 0.0284. The molecule has 93 heavy (non-hydrogen) atoms. The molecule has 0 aromatic rings. The van der Waals surface area contributed by atoms with Crippen molar-refractivity contribution in [3.63, 3.8) is 0 Å². The lowest BCUT2D eigenvalue weighted by atomic mass is 9.85. The minimum absolute atomic E-state index is 0. The summed E-state index contributed by atoms with van der Waals surface area (Å²) in [5, 5.41) is 21.4. The molecule has 7 N–H and O–H groups in total. The molecule has 4 atom stereocenters. The molecule has 0 saturated carbocycles. The SMILES string of the molecule is C.C.CC(C)CCCCC(=O)NCCCCC(CC(=O)C(CCCCNC(=O)CCCCC(C)C)NC(=O)CCCCC(C)C)C(=O)NC(C)C.CC(C)CCCCC(=O)NCCCCC(NC(=O)CCCCC(C)C)C(=O)CC(CCCCNC(C)C)C(=O)C(C)C. The maximum absolute atomic E-state index is 13.7. The second-order valence-electron chi connectivity index (χ2n) is 29.5. The van der Waals surface area contributed by atoms with Gasteiger partial charge in [-0.25, -0.2) is 0 Å². The van der Waals surface area contributed by atoms with Gasteiger partial charge in [0.2, 0.25) is 35.4 Å². The lowest BCUT2D eigenvalue weighted by molar-refractivity contribution is -0.132. The zero-order valence-electron chi connectivity index (χ0n) is 61.5. The fraction of sp³-hybridized carbons (Fsp3) is 0.883. The zero-order chi connectivity index (χ0) is 68.9. The molecule has 0 fully saturated rings. The Morgan fingerprint density at radius 1 is 0.280 bits per heavy atom. The molecule has 0 spiro atoms. The van der Waals surface area contributed by atoms with Crippen molar-refractivity contribution < 1.29 is 43.2 Å². The third kappa shape index (κ3) is 61.2. The van der Waals surface area contributed by atoms with Gasteiger partial charge < -0.3 is 37.2 Å². The van der Waals surface area contributed by atoms with Crippen LogP contribution in [0.15, 0.2) is 0 Å². The Balaban J connectivity index is -0.000000843. The molecule has 0 heterocycles. The second-order valence-corrected chi connectivity index (χ2v) is 29.5. The number of nitrogens with one attached hydrogen (secondary N) is 7. The van der Waals surface area contributed by atoms with Crippen LogP contribution in [0.4, 0.5) is 0 Å². The maximum Gasteiger partial charge on any atom is 0.223 e. The van der Waals surface area contributed by atoms with Crippen molar-refractivity contribution in [2.24, 2.45) is 47.3 Å². The van der Waals surface area contributed by atoms with E-state index in [0.29, 0.717) is 132 Å². The van der Waals surface area contributed by atoms with Crippen LogP contribution in [0.1, 0.15) is 344 Å². The molecule has 16 nitrogen and oxygen atoms in total. The predicted molar refractivity (Wildman–Crippen MR) is 391 cm³/mol. The summed E-state index contributed by atoms with van der Waals surface area (Å²) in [6.07, 6.45) is 26.1. The molecular formula is C77H151N7O9. The fourth-order valence-corrected chi connectivity index (χ4v) is 11.0. The molecule has 4 unspecified atom stereocenters. The van der Waals surface area contributed by atoms with Gasteiger partial charge in [-0.3, -0.25) is 43.2 Å². The van der Waals surface area contributed by atoms with Crippen molar-refractivity contribution in [3.05, 3.63) is 0 Å². The first-order chi connectivity index (χ1) is 43.0. The molecule has 0 aliphatic heterocycles. The van der Waals surface area contributed by atoms with Crippen molar-refractivity contribution in [2.45, 2.75) is 368 Å². The lowest BCUT2D eigenvalue weighted by Crippen LogP contribution is -2.43. The predicted octanol–water partition coefficient (Wildman–Crippen LogP) is 16.2. The van der Waals surface area contributed by atoms with Gasteiger partial charge in [0.25, 0.3) is 0 Å². The smallest absolute Gasteiger partial charge is 0.223 e. The largest absolute Gasteiger partial charge is 0.356 e. The van der Waals surface area contributed by atoms with E-state index in [1.807, 2.05) is 27.7 Å². The highest BCUT2D eigenvalue weighted by molar-refractivity contribution is 5.94. The van der Waals surface area contributed by atoms with Crippen LogP contribution in [0.25, 0.3) is 0 Å². The standard InChI is InChI=1S/C40H76N4O5.C35H67N3O4.2CH4/c1-30(2)19-9-12-24-37(46)41-27-17-15-22-34(40(49)43-33(7)8)29-36(45)35(44-39(48)26-14-11-21-32(5)6)23-16-18-28-42-38(47)25-13-10-20-31(3)4;1-26(2)17-9-11-21-33(40)37-24-16-14-20-31(38-34(41)22-12-10-18-27(3)4)32(39)25-30(35(42)28(5)6)19-13-15-23-36-29(7)8;;/h30-35H,9-29H2,1-8H3,(H,41,46)(H,42,47)(H,43,49)(H,44,48);26-31,36H,9-25H2,1-8H3,(H,37,40)(H,38,41);2*1H4. The maximum atomic E-state index is 13.7. The number of Topliss-reactive ketones (excluding diaryl/α,β-unsaturated/α-hetero) is 3. The first-order valence-electron chi connectivity index (χ1n) is 37.1. The Hall–Kier alpha value is -4.21. The average molecular weight is 1320 g/mol. The van der Waals surface area contributed by atoms with Crippen LogP contribution >= 0.6 is 0 Å². The van der Waals surface area contributed by atoms with E-state index in [1.165, 1.54) is 0 Å². The topological polar surface area (TPSA) is 238 Å². The number of carbonyl (C=O) groups excluding carboxylic acids is 9. The highest BCUT2D eigenvalue weighted by Crippen LogP contribution is 2.23. The number of rotatable bonds is 58. The van der Waals surface area contributed by atoms with Crippen LogP contribution < -0.4 is 37.2 Å². The number of amides is 6. The lowest BCUT2D eigenvalue weighted by Gasteiger charge is -2.22. The third-order valence-electron chi connectivity index (χ3n) is 16.6. The van der Waals surface area contributed by atoms with Crippen molar-refractivity contribution in [2.75, 3.05) is 26.2 Å². The molecule has 0 bridgehead atoms. The van der Waals surface area contributed by atoms with E-state index in [-0.39, 0.29) is 98.4 Å². The molecule has 0 aromatic heterocycles. The van der Waals surface area contributed by atoms with Crippen LogP contribution in [0.5, 0.6) is 0 Å². The zero-order valence-corrected chi connectivity index (χ0v) is 61.5. The van der Waals surface area contributed by atoms with Crippen molar-refractivity contribution in [1.29, 1.82) is 0 Å². The normalized spacial score (nSPS) is 12.6. The molecule has 6 amide bonds. The Kier molecular flexibility index (Phi) is 62.8. The monoisotopic (exact) mass is 1320 g/mol. The summed E-state index contributed by atoms with van der Waals surface area (Å²) in [4.78, 5) is 116. The summed E-state index contributed by atoms with van der Waals surface area (Å²) < 4.78 is 0. The summed E-state index contributed by atoms with van der Waals surface area (Å²) in [6.45, 7) is 36.3. The molecule has 0 aliphatic rings. The minimum atomic E-state index is -0.659. The van der Waals surface area contributed by atoms with E-state index < -0.39 is 18.0 Å². The number of hydrogen-bond donors (Lipinski definition) is 7. The van der Waals surface area contributed by atoms with Crippen LogP contribution in [-0.2, 0) is 43.2 Å². The minimum Gasteiger partial charge on any atom is -0.356 e. The molecule has 0 aromatic carbocycles. The second kappa shape index (κ2) is 61.4. The van der Waals surface area contributed by atoms with Crippen LogP contribution in [0.2, 0.25) is 0 Å². The van der Waals surface area contributed by atoms with Gasteiger partial charge in [0, 0.05) is 94.4 Å². The fourth-order valence-electron chi connectivity index (χ4n) is 11.0. The van der Waals surface area contributed by atoms with Gasteiger partial charge in [0.05, 0.1) is 12.1 Å². The molecule has 16 heteroatoms. The molecular weight excluding hydrogens is 1170 g/mol. The van der Waals surface area contributed by atoms with Crippen molar-refractivity contribution in [3.8, 4) is 0 Å². The Morgan fingerprint density at radius 3 is 0.860 bits per heavy atom. The number of carbonyl (C=O) groups is 9.